The highest BCUT2D eigenvalue weighted by atomic mass is 79.9. The van der Waals surface area contributed by atoms with Gasteiger partial charge in [0, 0.05) is 27.0 Å². The van der Waals surface area contributed by atoms with E-state index in [9.17, 15) is 9.59 Å². The van der Waals surface area contributed by atoms with E-state index in [0.29, 0.717) is 11.1 Å². The van der Waals surface area contributed by atoms with Gasteiger partial charge in [-0.15, -0.1) is 0 Å². The molecule has 0 atom stereocenters. The lowest BCUT2D eigenvalue weighted by Gasteiger charge is -2.11. The Morgan fingerprint density at radius 2 is 2.05 bits per heavy atom. The van der Waals surface area contributed by atoms with Gasteiger partial charge in [-0.1, -0.05) is 22.0 Å². The highest BCUT2D eigenvalue weighted by Gasteiger charge is 2.12. The number of hydrogen-bond donors (Lipinski definition) is 1. The van der Waals surface area contributed by atoms with Gasteiger partial charge >= 0.3 is 0 Å². The van der Waals surface area contributed by atoms with Gasteiger partial charge in [0.1, 0.15) is 0 Å². The monoisotopic (exact) mass is 320 g/mol. The van der Waals surface area contributed by atoms with Gasteiger partial charge in [-0.2, -0.15) is 0 Å². The molecule has 4 nitrogen and oxygen atoms in total. The fourth-order valence-corrected chi connectivity index (χ4v) is 2.27. The van der Waals surface area contributed by atoms with E-state index in [1.807, 2.05) is 13.0 Å². The van der Waals surface area contributed by atoms with Crippen LogP contribution in [0, 0.1) is 13.8 Å². The van der Waals surface area contributed by atoms with Crippen molar-refractivity contribution < 1.29 is 9.59 Å². The number of carbonyl (C=O) groups excluding carboxylic acids is 2. The highest BCUT2D eigenvalue weighted by molar-refractivity contribution is 9.10. The molecule has 0 aliphatic rings. The lowest BCUT2D eigenvalue weighted by atomic mass is 10.2. The zero-order valence-corrected chi connectivity index (χ0v) is 12.2. The summed E-state index contributed by atoms with van der Waals surface area (Å²) in [5.41, 5.74) is 5.43. The third-order valence-electron chi connectivity index (χ3n) is 2.90. The number of amides is 1. The second-order valence-corrected chi connectivity index (χ2v) is 5.15. The minimum absolute atomic E-state index is 0.222. The molecular weight excluding hydrogens is 308 g/mol. The zero-order chi connectivity index (χ0) is 14.0. The molecule has 5 heteroatoms. The fraction of sp³-hybridized carbons (Fsp3) is 0.143. The summed E-state index contributed by atoms with van der Waals surface area (Å²) in [6.07, 6.45) is 0.782. The molecule has 0 radical (unpaired) electrons. The third kappa shape index (κ3) is 2.76. The molecule has 0 aliphatic heterocycles. The summed E-state index contributed by atoms with van der Waals surface area (Å²) in [6.45, 7) is 3.62. The Morgan fingerprint density at radius 3 is 2.63 bits per heavy atom. The Morgan fingerprint density at radius 1 is 1.32 bits per heavy atom. The van der Waals surface area contributed by atoms with E-state index < -0.39 is 0 Å². The number of hydrogen-bond acceptors (Lipinski definition) is 2. The molecule has 98 valence electrons. The van der Waals surface area contributed by atoms with Crippen LogP contribution in [0.3, 0.4) is 0 Å². The molecule has 0 saturated carbocycles. The maximum atomic E-state index is 12.1. The predicted molar refractivity (Wildman–Crippen MR) is 77.1 cm³/mol. The van der Waals surface area contributed by atoms with E-state index >= 15 is 0 Å². The molecule has 1 N–H and O–H groups in total. The predicted octanol–water partition coefficient (Wildman–Crippen LogP) is 3.06. The average Bonchev–Trinajstić information content (AvgIpc) is 2.66. The number of halogens is 1. The van der Waals surface area contributed by atoms with Crippen molar-refractivity contribution in [2.24, 2.45) is 0 Å². The summed E-state index contributed by atoms with van der Waals surface area (Å²) in [5.74, 6) is -0.222. The number of carbonyl (C=O) groups is 2. The first-order valence-corrected chi connectivity index (χ1v) is 6.53. The topological polar surface area (TPSA) is 51.1 Å². The Hall–Kier alpha value is -1.88. The summed E-state index contributed by atoms with van der Waals surface area (Å²) in [7, 11) is 0. The van der Waals surface area contributed by atoms with Crippen molar-refractivity contribution >= 4 is 28.1 Å². The average molecular weight is 321 g/mol. The zero-order valence-electron chi connectivity index (χ0n) is 10.6. The lowest BCUT2D eigenvalue weighted by molar-refractivity contribution is 0.101. The van der Waals surface area contributed by atoms with Gasteiger partial charge in [-0.25, -0.2) is 0 Å². The van der Waals surface area contributed by atoms with E-state index in [-0.39, 0.29) is 5.91 Å². The van der Waals surface area contributed by atoms with Crippen molar-refractivity contribution in [2.75, 3.05) is 5.43 Å². The largest absolute Gasteiger partial charge is 0.298 e. The molecule has 0 saturated heterocycles. The van der Waals surface area contributed by atoms with Gasteiger partial charge in [0.15, 0.2) is 6.29 Å². The van der Waals surface area contributed by atoms with Crippen molar-refractivity contribution in [3.05, 3.63) is 57.3 Å². The first-order valence-electron chi connectivity index (χ1n) is 5.74. The van der Waals surface area contributed by atoms with E-state index in [1.54, 1.807) is 35.9 Å². The van der Waals surface area contributed by atoms with Gasteiger partial charge in [0.05, 0.1) is 0 Å². The summed E-state index contributed by atoms with van der Waals surface area (Å²) >= 11 is 3.33. The Kier molecular flexibility index (Phi) is 3.85. The van der Waals surface area contributed by atoms with Gasteiger partial charge in [-0.3, -0.25) is 19.7 Å². The number of benzene rings is 1. The number of nitrogens with one attached hydrogen (secondary N) is 1. The van der Waals surface area contributed by atoms with Gasteiger partial charge in [0.25, 0.3) is 5.91 Å². The molecule has 19 heavy (non-hydrogen) atoms. The van der Waals surface area contributed by atoms with Crippen molar-refractivity contribution in [3.8, 4) is 0 Å². The molecule has 0 unspecified atom stereocenters. The van der Waals surface area contributed by atoms with Crippen LogP contribution in [0.4, 0.5) is 0 Å². The second kappa shape index (κ2) is 5.40. The van der Waals surface area contributed by atoms with Gasteiger partial charge in [0.2, 0.25) is 0 Å². The third-order valence-corrected chi connectivity index (χ3v) is 3.39. The standard InChI is InChI=1S/C14H13BrN2O2/c1-9-6-12(8-18)10(2)17(9)16-14(19)11-4-3-5-13(15)7-11/h3-8H,1-2H3,(H,16,19). The van der Waals surface area contributed by atoms with E-state index in [2.05, 4.69) is 21.4 Å². The summed E-state index contributed by atoms with van der Waals surface area (Å²) < 4.78 is 2.46. The molecular formula is C14H13BrN2O2. The molecule has 1 heterocycles. The Labute approximate surface area is 119 Å². The smallest absolute Gasteiger partial charge is 0.270 e. The van der Waals surface area contributed by atoms with E-state index in [4.69, 9.17) is 0 Å². The molecule has 1 aromatic heterocycles. The molecule has 0 bridgehead atoms. The van der Waals surface area contributed by atoms with Crippen LogP contribution in [0.1, 0.15) is 32.1 Å². The van der Waals surface area contributed by atoms with Crippen LogP contribution < -0.4 is 5.43 Å². The molecule has 0 fully saturated rings. The number of nitrogens with zero attached hydrogens (tertiary/aromatic N) is 1. The minimum atomic E-state index is -0.222. The van der Waals surface area contributed by atoms with E-state index in [1.165, 1.54) is 0 Å². The van der Waals surface area contributed by atoms with Crippen LogP contribution in [-0.2, 0) is 0 Å². The molecule has 0 spiro atoms. The van der Waals surface area contributed by atoms with Crippen molar-refractivity contribution in [2.45, 2.75) is 13.8 Å². The highest BCUT2D eigenvalue weighted by Crippen LogP contribution is 2.14. The molecule has 0 aliphatic carbocycles. The van der Waals surface area contributed by atoms with Crippen LogP contribution in [0.25, 0.3) is 0 Å². The van der Waals surface area contributed by atoms with Crippen LogP contribution in [0.2, 0.25) is 0 Å². The fourth-order valence-electron chi connectivity index (χ4n) is 1.87. The Balaban J connectivity index is 2.29. The van der Waals surface area contributed by atoms with Gasteiger partial charge in [-0.05, 0) is 38.1 Å². The molecule has 2 aromatic rings. The maximum absolute atomic E-state index is 12.1. The van der Waals surface area contributed by atoms with Crippen LogP contribution >= 0.6 is 15.9 Å². The minimum Gasteiger partial charge on any atom is -0.298 e. The van der Waals surface area contributed by atoms with Crippen LogP contribution in [0.5, 0.6) is 0 Å². The number of rotatable bonds is 3. The molecule has 1 aromatic carbocycles. The van der Waals surface area contributed by atoms with Crippen molar-refractivity contribution in [1.29, 1.82) is 0 Å². The second-order valence-electron chi connectivity index (χ2n) is 4.23. The summed E-state index contributed by atoms with van der Waals surface area (Å²) in [6, 6.07) is 8.86. The lowest BCUT2D eigenvalue weighted by Crippen LogP contribution is -2.24. The Bertz CT molecular complexity index is 647. The number of aryl methyl sites for hydroxylation is 1. The van der Waals surface area contributed by atoms with Crippen LogP contribution in [0.15, 0.2) is 34.8 Å². The van der Waals surface area contributed by atoms with Crippen LogP contribution in [-0.4, -0.2) is 16.9 Å². The molecule has 1 amide bonds. The maximum Gasteiger partial charge on any atom is 0.270 e. The number of aldehydes is 1. The van der Waals surface area contributed by atoms with Gasteiger partial charge < -0.3 is 0 Å². The quantitative estimate of drug-likeness (QED) is 0.884. The first kappa shape index (κ1) is 13.5. The SMILES string of the molecule is Cc1cc(C=O)c(C)n1NC(=O)c1cccc(Br)c1. The van der Waals surface area contributed by atoms with Crippen molar-refractivity contribution in [3.63, 3.8) is 0 Å². The summed E-state index contributed by atoms with van der Waals surface area (Å²) in [5, 5.41) is 0. The summed E-state index contributed by atoms with van der Waals surface area (Å²) in [4.78, 5) is 23.0. The normalized spacial score (nSPS) is 10.3. The van der Waals surface area contributed by atoms with Crippen molar-refractivity contribution in [1.82, 2.24) is 4.68 Å². The number of aromatic nitrogens is 1. The first-order chi connectivity index (χ1) is 9.02. The molecule has 2 rings (SSSR count). The van der Waals surface area contributed by atoms with E-state index in [0.717, 1.165) is 22.1 Å².